The van der Waals surface area contributed by atoms with E-state index in [4.69, 9.17) is 0 Å². The van der Waals surface area contributed by atoms with E-state index < -0.39 is 0 Å². The molecular formula is C9H13NO3S. The Morgan fingerprint density at radius 1 is 1.43 bits per heavy atom. The van der Waals surface area contributed by atoms with Gasteiger partial charge in [-0.25, -0.2) is 0 Å². The van der Waals surface area contributed by atoms with E-state index in [-0.39, 0.29) is 22.7 Å². The lowest BCUT2D eigenvalue weighted by Crippen LogP contribution is -2.29. The van der Waals surface area contributed by atoms with Gasteiger partial charge in [0.1, 0.15) is 5.78 Å². The molecule has 2 amide bonds. The molecule has 0 radical (unpaired) electrons. The van der Waals surface area contributed by atoms with E-state index in [1.165, 1.54) is 4.90 Å². The van der Waals surface area contributed by atoms with Gasteiger partial charge in [-0.05, 0) is 19.8 Å². The van der Waals surface area contributed by atoms with Crippen LogP contribution in [0.1, 0.15) is 26.2 Å². The molecule has 0 aliphatic carbocycles. The van der Waals surface area contributed by atoms with Crippen LogP contribution in [0.15, 0.2) is 0 Å². The van der Waals surface area contributed by atoms with E-state index in [0.29, 0.717) is 13.0 Å². The zero-order chi connectivity index (χ0) is 10.6. The van der Waals surface area contributed by atoms with Crippen LogP contribution in [0.25, 0.3) is 0 Å². The number of carbonyl (C=O) groups is 3. The highest BCUT2D eigenvalue weighted by Crippen LogP contribution is 2.19. The summed E-state index contributed by atoms with van der Waals surface area (Å²) < 4.78 is 0. The Morgan fingerprint density at radius 2 is 2.14 bits per heavy atom. The van der Waals surface area contributed by atoms with Gasteiger partial charge in [0.2, 0.25) is 5.91 Å². The molecule has 0 unspecified atom stereocenters. The Bertz CT molecular complexity index is 249. The van der Waals surface area contributed by atoms with E-state index in [0.717, 1.165) is 24.6 Å². The van der Waals surface area contributed by atoms with Gasteiger partial charge >= 0.3 is 0 Å². The summed E-state index contributed by atoms with van der Waals surface area (Å²) in [6, 6.07) is 0. The fourth-order valence-electron chi connectivity index (χ4n) is 1.24. The summed E-state index contributed by atoms with van der Waals surface area (Å²) in [6.07, 6.45) is 2.00. The molecule has 1 aliphatic heterocycles. The molecule has 5 heteroatoms. The predicted molar refractivity (Wildman–Crippen MR) is 54.1 cm³/mol. The molecule has 1 aliphatic rings. The number of imide groups is 1. The Hall–Kier alpha value is -0.840. The molecule has 0 aromatic heterocycles. The van der Waals surface area contributed by atoms with E-state index in [9.17, 15) is 14.4 Å². The summed E-state index contributed by atoms with van der Waals surface area (Å²) >= 11 is 1.05. The molecule has 0 N–H and O–H groups in total. The topological polar surface area (TPSA) is 54.5 Å². The lowest BCUT2D eigenvalue weighted by Gasteiger charge is -2.11. The molecule has 14 heavy (non-hydrogen) atoms. The standard InChI is InChI=1S/C9H13NO3S/c1-7(11)4-2-3-5-10-8(12)6-14-9(10)13/h2-6H2,1H3. The van der Waals surface area contributed by atoms with Crippen LogP contribution in [0.3, 0.4) is 0 Å². The Labute approximate surface area is 87.0 Å². The first-order valence-corrected chi connectivity index (χ1v) is 5.56. The van der Waals surface area contributed by atoms with Crippen molar-refractivity contribution >= 4 is 28.7 Å². The smallest absolute Gasteiger partial charge is 0.288 e. The molecule has 0 saturated carbocycles. The molecule has 78 valence electrons. The van der Waals surface area contributed by atoms with Crippen LogP contribution in [0, 0.1) is 0 Å². The first kappa shape index (κ1) is 11.2. The van der Waals surface area contributed by atoms with Crippen molar-refractivity contribution < 1.29 is 14.4 Å². The minimum absolute atomic E-state index is 0.108. The molecule has 4 nitrogen and oxygen atoms in total. The fourth-order valence-corrected chi connectivity index (χ4v) is 1.99. The van der Waals surface area contributed by atoms with Gasteiger partial charge in [-0.15, -0.1) is 0 Å². The zero-order valence-electron chi connectivity index (χ0n) is 8.12. The number of carbonyl (C=O) groups excluding carboxylic acids is 3. The highest BCUT2D eigenvalue weighted by atomic mass is 32.2. The van der Waals surface area contributed by atoms with Gasteiger partial charge in [-0.1, -0.05) is 11.8 Å². The Balaban J connectivity index is 2.20. The van der Waals surface area contributed by atoms with Crippen molar-refractivity contribution in [1.29, 1.82) is 0 Å². The zero-order valence-corrected chi connectivity index (χ0v) is 8.93. The number of amides is 2. The molecule has 1 rings (SSSR count). The fraction of sp³-hybridized carbons (Fsp3) is 0.667. The molecular weight excluding hydrogens is 202 g/mol. The van der Waals surface area contributed by atoms with Crippen LogP contribution in [-0.2, 0) is 9.59 Å². The maximum absolute atomic E-state index is 11.1. The Morgan fingerprint density at radius 3 is 2.64 bits per heavy atom. The summed E-state index contributed by atoms with van der Waals surface area (Å²) in [6.45, 7) is 2.00. The molecule has 1 fully saturated rings. The number of rotatable bonds is 5. The molecule has 1 heterocycles. The first-order valence-electron chi connectivity index (χ1n) is 4.58. The average Bonchev–Trinajstić information content (AvgIpc) is 2.42. The summed E-state index contributed by atoms with van der Waals surface area (Å²) in [5.74, 6) is 0.312. The Kier molecular flexibility index (Phi) is 4.13. The van der Waals surface area contributed by atoms with E-state index >= 15 is 0 Å². The third kappa shape index (κ3) is 3.14. The van der Waals surface area contributed by atoms with Crippen LogP contribution in [-0.4, -0.2) is 34.1 Å². The summed E-state index contributed by atoms with van der Waals surface area (Å²) in [5.41, 5.74) is 0. The maximum Gasteiger partial charge on any atom is 0.288 e. The number of nitrogens with zero attached hydrogens (tertiary/aromatic N) is 1. The van der Waals surface area contributed by atoms with E-state index in [1.807, 2.05) is 0 Å². The summed E-state index contributed by atoms with van der Waals surface area (Å²) in [7, 11) is 0. The molecule has 0 atom stereocenters. The molecule has 0 aromatic carbocycles. The van der Waals surface area contributed by atoms with Crippen molar-refractivity contribution in [2.45, 2.75) is 26.2 Å². The SMILES string of the molecule is CC(=O)CCCCN1C(=O)CSC1=O. The van der Waals surface area contributed by atoms with Crippen molar-refractivity contribution in [3.63, 3.8) is 0 Å². The number of Topliss-reactive ketones (excluding diaryl/α,β-unsaturated/α-hetero) is 1. The summed E-state index contributed by atoms with van der Waals surface area (Å²) in [5, 5.41) is -0.155. The van der Waals surface area contributed by atoms with Crippen molar-refractivity contribution in [3.05, 3.63) is 0 Å². The number of ketones is 1. The average molecular weight is 215 g/mol. The quantitative estimate of drug-likeness (QED) is 0.651. The van der Waals surface area contributed by atoms with Gasteiger partial charge in [0.25, 0.3) is 5.24 Å². The van der Waals surface area contributed by atoms with Crippen molar-refractivity contribution in [1.82, 2.24) is 4.90 Å². The van der Waals surface area contributed by atoms with Gasteiger partial charge in [0, 0.05) is 13.0 Å². The van der Waals surface area contributed by atoms with Gasteiger partial charge in [0.15, 0.2) is 0 Å². The molecule has 0 aromatic rings. The third-order valence-corrected chi connectivity index (χ3v) is 2.86. The molecule has 1 saturated heterocycles. The minimum Gasteiger partial charge on any atom is -0.300 e. The number of hydrogen-bond donors (Lipinski definition) is 0. The van der Waals surface area contributed by atoms with Gasteiger partial charge in [0.05, 0.1) is 5.75 Å². The maximum atomic E-state index is 11.1. The second kappa shape index (κ2) is 5.14. The lowest BCUT2D eigenvalue weighted by atomic mass is 10.2. The second-order valence-corrected chi connectivity index (χ2v) is 4.19. The molecule has 0 bridgehead atoms. The normalized spacial score (nSPS) is 16.5. The highest BCUT2D eigenvalue weighted by molar-refractivity contribution is 8.14. The monoisotopic (exact) mass is 215 g/mol. The second-order valence-electron chi connectivity index (χ2n) is 3.26. The number of thioether (sulfide) groups is 1. The van der Waals surface area contributed by atoms with Gasteiger partial charge < -0.3 is 4.79 Å². The number of unbranched alkanes of at least 4 members (excludes halogenated alkanes) is 1. The van der Waals surface area contributed by atoms with Gasteiger partial charge in [-0.2, -0.15) is 0 Å². The van der Waals surface area contributed by atoms with Gasteiger partial charge in [-0.3, -0.25) is 14.5 Å². The van der Waals surface area contributed by atoms with Crippen molar-refractivity contribution in [2.24, 2.45) is 0 Å². The minimum atomic E-state index is -0.155. The van der Waals surface area contributed by atoms with Crippen LogP contribution < -0.4 is 0 Å². The van der Waals surface area contributed by atoms with Crippen LogP contribution in [0.4, 0.5) is 4.79 Å². The first-order chi connectivity index (χ1) is 6.61. The highest BCUT2D eigenvalue weighted by Gasteiger charge is 2.28. The van der Waals surface area contributed by atoms with Crippen LogP contribution in [0.5, 0.6) is 0 Å². The lowest BCUT2D eigenvalue weighted by molar-refractivity contribution is -0.124. The summed E-state index contributed by atoms with van der Waals surface area (Å²) in [4.78, 5) is 34.1. The third-order valence-electron chi connectivity index (χ3n) is 2.00. The van der Waals surface area contributed by atoms with E-state index in [2.05, 4.69) is 0 Å². The van der Waals surface area contributed by atoms with Crippen LogP contribution >= 0.6 is 11.8 Å². The van der Waals surface area contributed by atoms with Crippen molar-refractivity contribution in [2.75, 3.05) is 12.3 Å². The predicted octanol–water partition coefficient (Wildman–Crippen LogP) is 1.44. The largest absolute Gasteiger partial charge is 0.300 e. The van der Waals surface area contributed by atoms with Crippen molar-refractivity contribution in [3.8, 4) is 0 Å². The van der Waals surface area contributed by atoms with E-state index in [1.54, 1.807) is 6.92 Å². The molecule has 0 spiro atoms. The van der Waals surface area contributed by atoms with Crippen LogP contribution in [0.2, 0.25) is 0 Å². The number of hydrogen-bond acceptors (Lipinski definition) is 4.